The van der Waals surface area contributed by atoms with Crippen LogP contribution >= 0.6 is 0 Å². The summed E-state index contributed by atoms with van der Waals surface area (Å²) in [6.07, 6.45) is 6.02. The Morgan fingerprint density at radius 1 is 1.46 bits per heavy atom. The van der Waals surface area contributed by atoms with Crippen molar-refractivity contribution < 1.29 is 0 Å². The lowest BCUT2D eigenvalue weighted by molar-refractivity contribution is 0.711. The van der Waals surface area contributed by atoms with Crippen molar-refractivity contribution >= 4 is 0 Å². The Hall–Kier alpha value is -0.960. The van der Waals surface area contributed by atoms with Gasteiger partial charge in [-0.2, -0.15) is 0 Å². The molecule has 1 unspecified atom stereocenters. The third-order valence-corrected chi connectivity index (χ3v) is 2.48. The predicted octanol–water partition coefficient (Wildman–Crippen LogP) is 0.855. The zero-order valence-electron chi connectivity index (χ0n) is 7.95. The van der Waals surface area contributed by atoms with Gasteiger partial charge in [0.05, 0.1) is 0 Å². The molecular weight excluding hydrogens is 162 g/mol. The lowest BCUT2D eigenvalue weighted by Crippen LogP contribution is -2.19. The van der Waals surface area contributed by atoms with Gasteiger partial charge < -0.3 is 5.73 Å². The van der Waals surface area contributed by atoms with Crippen LogP contribution in [0, 0.1) is 0 Å². The van der Waals surface area contributed by atoms with Gasteiger partial charge in [0.15, 0.2) is 0 Å². The van der Waals surface area contributed by atoms with Crippen molar-refractivity contribution in [2.45, 2.75) is 38.6 Å². The van der Waals surface area contributed by atoms with Crippen LogP contribution in [0.1, 0.15) is 30.3 Å². The molecule has 0 radical (unpaired) electrons. The normalized spacial score (nSPS) is 17.1. The Bertz CT molecular complexity index is 307. The summed E-state index contributed by atoms with van der Waals surface area (Å²) in [4.78, 5) is 8.57. The van der Waals surface area contributed by atoms with Crippen molar-refractivity contribution in [2.24, 2.45) is 5.73 Å². The minimum Gasteiger partial charge on any atom is -0.328 e. The van der Waals surface area contributed by atoms with Crippen LogP contribution in [0.3, 0.4) is 0 Å². The van der Waals surface area contributed by atoms with E-state index in [1.807, 2.05) is 6.92 Å². The molecular formula is C10H15N3. The fourth-order valence-electron chi connectivity index (χ4n) is 1.91. The second kappa shape index (κ2) is 3.42. The summed E-state index contributed by atoms with van der Waals surface area (Å²) in [5.41, 5.74) is 9.52. The molecule has 0 amide bonds. The molecule has 2 rings (SSSR count). The van der Waals surface area contributed by atoms with E-state index in [0.717, 1.165) is 25.0 Å². The smallest absolute Gasteiger partial charge is 0.115 e. The van der Waals surface area contributed by atoms with Gasteiger partial charge in [0.1, 0.15) is 6.33 Å². The predicted molar refractivity (Wildman–Crippen MR) is 51.4 cm³/mol. The van der Waals surface area contributed by atoms with E-state index in [0.29, 0.717) is 0 Å². The summed E-state index contributed by atoms with van der Waals surface area (Å²) >= 11 is 0. The molecule has 0 spiro atoms. The van der Waals surface area contributed by atoms with E-state index >= 15 is 0 Å². The van der Waals surface area contributed by atoms with Crippen LogP contribution < -0.4 is 5.73 Å². The molecule has 1 aromatic heterocycles. The monoisotopic (exact) mass is 177 g/mol. The summed E-state index contributed by atoms with van der Waals surface area (Å²) < 4.78 is 0. The van der Waals surface area contributed by atoms with E-state index in [4.69, 9.17) is 5.73 Å². The highest BCUT2D eigenvalue weighted by Gasteiger charge is 2.17. The van der Waals surface area contributed by atoms with Crippen molar-refractivity contribution in [3.8, 4) is 0 Å². The molecule has 13 heavy (non-hydrogen) atoms. The van der Waals surface area contributed by atoms with Crippen molar-refractivity contribution in [1.82, 2.24) is 9.97 Å². The number of fused-ring (bicyclic) bond motifs is 1. The van der Waals surface area contributed by atoms with E-state index in [9.17, 15) is 0 Å². The zero-order chi connectivity index (χ0) is 9.26. The highest BCUT2D eigenvalue weighted by molar-refractivity contribution is 5.29. The first-order valence-corrected chi connectivity index (χ1v) is 4.84. The van der Waals surface area contributed by atoms with Crippen molar-refractivity contribution in [1.29, 1.82) is 0 Å². The molecule has 3 nitrogen and oxygen atoms in total. The zero-order valence-corrected chi connectivity index (χ0v) is 7.95. The van der Waals surface area contributed by atoms with Gasteiger partial charge in [-0.05, 0) is 31.7 Å². The van der Waals surface area contributed by atoms with Crippen LogP contribution in [0.2, 0.25) is 0 Å². The molecule has 0 bridgehead atoms. The number of hydrogen-bond donors (Lipinski definition) is 1. The van der Waals surface area contributed by atoms with Crippen molar-refractivity contribution in [3.05, 3.63) is 23.3 Å². The summed E-state index contributed by atoms with van der Waals surface area (Å²) in [6.45, 7) is 2.02. The second-order valence-electron chi connectivity index (χ2n) is 3.78. The second-order valence-corrected chi connectivity index (χ2v) is 3.78. The van der Waals surface area contributed by atoms with Crippen LogP contribution in [0.5, 0.6) is 0 Å². The summed E-state index contributed by atoms with van der Waals surface area (Å²) in [7, 11) is 0. The van der Waals surface area contributed by atoms with Crippen LogP contribution in [-0.4, -0.2) is 16.0 Å². The van der Waals surface area contributed by atoms with Crippen LogP contribution in [-0.2, 0) is 19.3 Å². The van der Waals surface area contributed by atoms with Crippen LogP contribution in [0.25, 0.3) is 0 Å². The quantitative estimate of drug-likeness (QED) is 0.728. The first-order valence-electron chi connectivity index (χ1n) is 4.84. The molecule has 1 aliphatic rings. The molecule has 0 saturated heterocycles. The fraction of sp³-hybridized carbons (Fsp3) is 0.600. The van der Waals surface area contributed by atoms with E-state index < -0.39 is 0 Å². The highest BCUT2D eigenvalue weighted by atomic mass is 14.9. The molecule has 70 valence electrons. The number of nitrogens with two attached hydrogens (primary N) is 1. The first kappa shape index (κ1) is 8.63. The Morgan fingerprint density at radius 3 is 3.08 bits per heavy atom. The van der Waals surface area contributed by atoms with E-state index in [2.05, 4.69) is 9.97 Å². The Balaban J connectivity index is 2.30. The van der Waals surface area contributed by atoms with Gasteiger partial charge in [0, 0.05) is 23.9 Å². The Labute approximate surface area is 78.4 Å². The van der Waals surface area contributed by atoms with E-state index in [1.54, 1.807) is 6.33 Å². The van der Waals surface area contributed by atoms with Gasteiger partial charge >= 0.3 is 0 Å². The van der Waals surface area contributed by atoms with Gasteiger partial charge in [-0.15, -0.1) is 0 Å². The standard InChI is InChI=1S/C10H15N3/c1-7(11)5-10-8-3-2-4-9(8)12-6-13-10/h6-7H,2-5,11H2,1H3. The summed E-state index contributed by atoms with van der Waals surface area (Å²) in [5.74, 6) is 0. The van der Waals surface area contributed by atoms with Crippen LogP contribution in [0.4, 0.5) is 0 Å². The number of hydrogen-bond acceptors (Lipinski definition) is 3. The Morgan fingerprint density at radius 2 is 2.31 bits per heavy atom. The number of aromatic nitrogens is 2. The number of nitrogens with zero attached hydrogens (tertiary/aromatic N) is 2. The van der Waals surface area contributed by atoms with Crippen LogP contribution in [0.15, 0.2) is 6.33 Å². The fourth-order valence-corrected chi connectivity index (χ4v) is 1.91. The van der Waals surface area contributed by atoms with Crippen molar-refractivity contribution in [3.63, 3.8) is 0 Å². The average Bonchev–Trinajstić information content (AvgIpc) is 2.51. The molecule has 0 saturated carbocycles. The highest BCUT2D eigenvalue weighted by Crippen LogP contribution is 2.22. The van der Waals surface area contributed by atoms with Gasteiger partial charge in [-0.3, -0.25) is 0 Å². The van der Waals surface area contributed by atoms with Gasteiger partial charge in [-0.1, -0.05) is 0 Å². The molecule has 2 N–H and O–H groups in total. The molecule has 1 aromatic rings. The maximum Gasteiger partial charge on any atom is 0.115 e. The topological polar surface area (TPSA) is 51.8 Å². The molecule has 1 atom stereocenters. The maximum absolute atomic E-state index is 5.76. The van der Waals surface area contributed by atoms with E-state index in [1.165, 1.54) is 17.7 Å². The molecule has 1 aliphatic carbocycles. The summed E-state index contributed by atoms with van der Waals surface area (Å²) in [5, 5.41) is 0. The first-order chi connectivity index (χ1) is 6.27. The molecule has 0 fully saturated rings. The van der Waals surface area contributed by atoms with E-state index in [-0.39, 0.29) is 6.04 Å². The molecule has 1 heterocycles. The molecule has 3 heteroatoms. The SMILES string of the molecule is CC(N)Cc1ncnc2c1CCC2. The Kier molecular flexibility index (Phi) is 2.27. The number of rotatable bonds is 2. The average molecular weight is 177 g/mol. The lowest BCUT2D eigenvalue weighted by Gasteiger charge is -2.08. The van der Waals surface area contributed by atoms with Gasteiger partial charge in [0.25, 0.3) is 0 Å². The summed E-state index contributed by atoms with van der Waals surface area (Å²) in [6, 6.07) is 0.194. The minimum absolute atomic E-state index is 0.194. The molecule has 0 aromatic carbocycles. The number of aryl methyl sites for hydroxylation is 1. The third kappa shape index (κ3) is 1.70. The third-order valence-electron chi connectivity index (χ3n) is 2.48. The van der Waals surface area contributed by atoms with Gasteiger partial charge in [0.2, 0.25) is 0 Å². The lowest BCUT2D eigenvalue weighted by atomic mass is 10.1. The van der Waals surface area contributed by atoms with Crippen molar-refractivity contribution in [2.75, 3.05) is 0 Å². The van der Waals surface area contributed by atoms with Gasteiger partial charge in [-0.25, -0.2) is 9.97 Å². The molecule has 0 aliphatic heterocycles. The largest absolute Gasteiger partial charge is 0.328 e. The maximum atomic E-state index is 5.76. The minimum atomic E-state index is 0.194.